The number of benzene rings is 2. The number of carbonyl (C=O) groups is 1. The molecule has 2 rings (SSSR count). The number of carbonyl (C=O) groups excluding carboxylic acids is 1. The van der Waals surface area contributed by atoms with Crippen LogP contribution in [0.25, 0.3) is 0 Å². The predicted octanol–water partition coefficient (Wildman–Crippen LogP) is 2.73. The van der Waals surface area contributed by atoms with Crippen LogP contribution in [0.2, 0.25) is 0 Å². The largest absolute Gasteiger partial charge is 0.497 e. The van der Waals surface area contributed by atoms with Gasteiger partial charge in [-0.3, -0.25) is 0 Å². The minimum Gasteiger partial charge on any atom is -0.497 e. The molecule has 0 aromatic heterocycles. The molecule has 114 valence electrons. The summed E-state index contributed by atoms with van der Waals surface area (Å²) in [7, 11) is 5.03. The van der Waals surface area contributed by atoms with Crippen LogP contribution in [0.3, 0.4) is 0 Å². The van der Waals surface area contributed by atoms with Gasteiger partial charge in [0.1, 0.15) is 18.5 Å². The van der Waals surface area contributed by atoms with Gasteiger partial charge in [-0.2, -0.15) is 4.58 Å². The van der Waals surface area contributed by atoms with Gasteiger partial charge in [0.15, 0.2) is 0 Å². The standard InChI is InChI=1S/C18H20NO3/c1-13(20)19(2)18(14-5-9-16(21-3)10-6-14)15-7-11-17(22-4)12-8-15/h5-12H,1-4H3/q+1. The van der Waals surface area contributed by atoms with E-state index in [0.29, 0.717) is 0 Å². The lowest BCUT2D eigenvalue weighted by molar-refractivity contribution is -0.415. The van der Waals surface area contributed by atoms with Crippen LogP contribution in [0.15, 0.2) is 48.5 Å². The van der Waals surface area contributed by atoms with E-state index in [1.807, 2.05) is 48.5 Å². The molecule has 0 aliphatic heterocycles. The molecule has 2 aromatic rings. The van der Waals surface area contributed by atoms with Crippen LogP contribution in [0, 0.1) is 0 Å². The minimum atomic E-state index is -0.0263. The molecule has 0 aliphatic rings. The van der Waals surface area contributed by atoms with Crippen LogP contribution < -0.4 is 9.47 Å². The third-order valence-corrected chi connectivity index (χ3v) is 3.53. The van der Waals surface area contributed by atoms with E-state index < -0.39 is 0 Å². The molecular weight excluding hydrogens is 278 g/mol. The first kappa shape index (κ1) is 15.8. The van der Waals surface area contributed by atoms with Gasteiger partial charge in [-0.05, 0) is 48.5 Å². The number of hydrogen-bond donors (Lipinski definition) is 0. The number of rotatable bonds is 4. The SMILES string of the molecule is COc1ccc(C(c2ccc(OC)cc2)=[N+](C)C(C)=O)cc1. The molecule has 22 heavy (non-hydrogen) atoms. The summed E-state index contributed by atoms with van der Waals surface area (Å²) < 4.78 is 12.0. The lowest BCUT2D eigenvalue weighted by Gasteiger charge is -2.07. The topological polar surface area (TPSA) is 38.5 Å². The second kappa shape index (κ2) is 6.89. The Kier molecular flexibility index (Phi) is 4.94. The molecule has 0 aliphatic carbocycles. The molecule has 0 N–H and O–H groups in total. The second-order valence-electron chi connectivity index (χ2n) is 4.88. The molecule has 0 fully saturated rings. The Morgan fingerprint density at radius 1 is 0.818 bits per heavy atom. The molecule has 1 amide bonds. The first-order chi connectivity index (χ1) is 10.6. The predicted molar refractivity (Wildman–Crippen MR) is 86.1 cm³/mol. The molecule has 0 atom stereocenters. The summed E-state index contributed by atoms with van der Waals surface area (Å²) in [4.78, 5) is 11.8. The van der Waals surface area contributed by atoms with E-state index in [9.17, 15) is 4.79 Å². The zero-order chi connectivity index (χ0) is 16.1. The van der Waals surface area contributed by atoms with E-state index >= 15 is 0 Å². The molecule has 0 unspecified atom stereocenters. The van der Waals surface area contributed by atoms with Crippen molar-refractivity contribution in [3.05, 3.63) is 59.7 Å². The summed E-state index contributed by atoms with van der Waals surface area (Å²) in [6.45, 7) is 1.55. The quantitative estimate of drug-likeness (QED) is 0.643. The van der Waals surface area contributed by atoms with Gasteiger partial charge in [-0.25, -0.2) is 4.79 Å². The molecule has 0 saturated carbocycles. The van der Waals surface area contributed by atoms with Gasteiger partial charge in [-0.1, -0.05) is 0 Å². The Labute approximate surface area is 130 Å². The fourth-order valence-corrected chi connectivity index (χ4v) is 2.21. The summed E-state index contributed by atoms with van der Waals surface area (Å²) in [5, 5.41) is 0. The number of hydrogen-bond acceptors (Lipinski definition) is 3. The molecule has 0 spiro atoms. The van der Waals surface area contributed by atoms with Gasteiger partial charge in [-0.15, -0.1) is 0 Å². The van der Waals surface area contributed by atoms with Crippen LogP contribution in [0.1, 0.15) is 18.1 Å². The maximum Gasteiger partial charge on any atom is 0.384 e. The van der Waals surface area contributed by atoms with E-state index in [0.717, 1.165) is 28.3 Å². The number of ether oxygens (including phenoxy) is 2. The Bertz CT molecular complexity index is 636. The van der Waals surface area contributed by atoms with Gasteiger partial charge >= 0.3 is 5.91 Å². The zero-order valence-electron chi connectivity index (χ0n) is 13.3. The molecule has 0 saturated heterocycles. The highest BCUT2D eigenvalue weighted by Gasteiger charge is 2.20. The van der Waals surface area contributed by atoms with Crippen molar-refractivity contribution in [3.8, 4) is 11.5 Å². The second-order valence-corrected chi connectivity index (χ2v) is 4.88. The van der Waals surface area contributed by atoms with Crippen molar-refractivity contribution in [1.29, 1.82) is 0 Å². The maximum atomic E-state index is 11.8. The summed E-state index contributed by atoms with van der Waals surface area (Å²) in [6, 6.07) is 15.3. The Hall–Kier alpha value is -2.62. The van der Waals surface area contributed by atoms with E-state index in [-0.39, 0.29) is 5.91 Å². The Morgan fingerprint density at radius 2 is 1.18 bits per heavy atom. The number of nitrogens with zero attached hydrogens (tertiary/aromatic N) is 1. The Balaban J connectivity index is 2.55. The summed E-state index contributed by atoms with van der Waals surface area (Å²) >= 11 is 0. The normalized spacial score (nSPS) is 10.0. The van der Waals surface area contributed by atoms with E-state index in [4.69, 9.17) is 9.47 Å². The molecule has 4 nitrogen and oxygen atoms in total. The van der Waals surface area contributed by atoms with Crippen molar-refractivity contribution >= 4 is 11.6 Å². The van der Waals surface area contributed by atoms with Crippen molar-refractivity contribution in [2.45, 2.75) is 6.92 Å². The van der Waals surface area contributed by atoms with Crippen LogP contribution in [-0.4, -0.2) is 37.5 Å². The van der Waals surface area contributed by atoms with Crippen LogP contribution in [0.4, 0.5) is 0 Å². The third-order valence-electron chi connectivity index (χ3n) is 3.53. The zero-order valence-corrected chi connectivity index (χ0v) is 13.3. The van der Waals surface area contributed by atoms with Gasteiger partial charge in [0.2, 0.25) is 5.71 Å². The summed E-state index contributed by atoms with van der Waals surface area (Å²) in [5.74, 6) is 1.54. The highest BCUT2D eigenvalue weighted by molar-refractivity contribution is 6.11. The van der Waals surface area contributed by atoms with Crippen molar-refractivity contribution in [2.24, 2.45) is 0 Å². The van der Waals surface area contributed by atoms with Gasteiger partial charge in [0.05, 0.1) is 21.1 Å². The average molecular weight is 298 g/mol. The van der Waals surface area contributed by atoms with E-state index in [1.165, 1.54) is 0 Å². The number of amides is 1. The highest BCUT2D eigenvalue weighted by Crippen LogP contribution is 2.18. The summed E-state index contributed by atoms with van der Waals surface area (Å²) in [5.41, 5.74) is 2.74. The van der Waals surface area contributed by atoms with Gasteiger partial charge < -0.3 is 9.47 Å². The lowest BCUT2D eigenvalue weighted by atomic mass is 10.0. The van der Waals surface area contributed by atoms with Crippen molar-refractivity contribution in [3.63, 3.8) is 0 Å². The minimum absolute atomic E-state index is 0.0263. The molecule has 0 heterocycles. The first-order valence-corrected chi connectivity index (χ1v) is 6.97. The maximum absolute atomic E-state index is 11.8. The molecular formula is C18H20NO3+. The monoisotopic (exact) mass is 298 g/mol. The highest BCUT2D eigenvalue weighted by atomic mass is 16.5. The first-order valence-electron chi connectivity index (χ1n) is 6.97. The Morgan fingerprint density at radius 3 is 1.45 bits per heavy atom. The molecule has 0 radical (unpaired) electrons. The fourth-order valence-electron chi connectivity index (χ4n) is 2.21. The number of methoxy groups -OCH3 is 2. The van der Waals surface area contributed by atoms with E-state index in [1.54, 1.807) is 32.8 Å². The fraction of sp³-hybridized carbons (Fsp3) is 0.222. The average Bonchev–Trinajstić information content (AvgIpc) is 2.56. The van der Waals surface area contributed by atoms with Crippen molar-refractivity contribution in [1.82, 2.24) is 0 Å². The molecule has 0 bridgehead atoms. The molecule has 2 aromatic carbocycles. The van der Waals surface area contributed by atoms with Crippen molar-refractivity contribution < 1.29 is 18.8 Å². The van der Waals surface area contributed by atoms with Gasteiger partial charge in [0.25, 0.3) is 0 Å². The van der Waals surface area contributed by atoms with Crippen LogP contribution in [-0.2, 0) is 4.79 Å². The molecule has 4 heteroatoms. The van der Waals surface area contributed by atoms with Crippen LogP contribution >= 0.6 is 0 Å². The summed E-state index contributed by atoms with van der Waals surface area (Å²) in [6.07, 6.45) is 0. The van der Waals surface area contributed by atoms with Crippen molar-refractivity contribution in [2.75, 3.05) is 21.3 Å². The van der Waals surface area contributed by atoms with Crippen LogP contribution in [0.5, 0.6) is 11.5 Å². The van der Waals surface area contributed by atoms with Gasteiger partial charge in [0, 0.05) is 11.1 Å². The smallest absolute Gasteiger partial charge is 0.384 e. The van der Waals surface area contributed by atoms with E-state index in [2.05, 4.69) is 0 Å². The third kappa shape index (κ3) is 3.34. The lowest BCUT2D eigenvalue weighted by Crippen LogP contribution is -2.24.